The summed E-state index contributed by atoms with van der Waals surface area (Å²) in [6.45, 7) is 2.09. The predicted molar refractivity (Wildman–Crippen MR) is 71.3 cm³/mol. The van der Waals surface area contributed by atoms with Gasteiger partial charge in [-0.15, -0.1) is 0 Å². The molecule has 0 aliphatic rings. The molecule has 0 atom stereocenters. The van der Waals surface area contributed by atoms with Gasteiger partial charge in [-0.25, -0.2) is 14.8 Å². The van der Waals surface area contributed by atoms with E-state index in [1.54, 1.807) is 25.1 Å². The third kappa shape index (κ3) is 3.38. The zero-order chi connectivity index (χ0) is 14.5. The van der Waals surface area contributed by atoms with Crippen molar-refractivity contribution in [2.75, 3.05) is 0 Å². The lowest BCUT2D eigenvalue weighted by molar-refractivity contribution is 0.0696. The van der Waals surface area contributed by atoms with E-state index in [1.165, 1.54) is 18.5 Å². The van der Waals surface area contributed by atoms with Crippen molar-refractivity contribution in [3.05, 3.63) is 59.2 Å². The number of hydrogen-bond donors (Lipinski definition) is 2. The fourth-order valence-electron chi connectivity index (χ4n) is 1.62. The van der Waals surface area contributed by atoms with Crippen molar-refractivity contribution < 1.29 is 14.7 Å². The largest absolute Gasteiger partial charge is 0.478 e. The quantitative estimate of drug-likeness (QED) is 0.877. The van der Waals surface area contributed by atoms with Crippen molar-refractivity contribution in [3.63, 3.8) is 0 Å². The molecule has 0 radical (unpaired) electrons. The number of aryl methyl sites for hydroxylation is 1. The molecule has 1 amide bonds. The van der Waals surface area contributed by atoms with E-state index < -0.39 is 5.97 Å². The van der Waals surface area contributed by atoms with E-state index in [2.05, 4.69) is 15.3 Å². The number of nitrogens with one attached hydrogen (secondary N) is 1. The first-order chi connectivity index (χ1) is 9.56. The van der Waals surface area contributed by atoms with Crippen LogP contribution in [-0.4, -0.2) is 27.0 Å². The molecule has 6 nitrogen and oxygen atoms in total. The molecule has 0 fully saturated rings. The van der Waals surface area contributed by atoms with Crippen LogP contribution in [0.15, 0.2) is 36.7 Å². The minimum absolute atomic E-state index is 0.214. The third-order valence-electron chi connectivity index (χ3n) is 2.69. The Morgan fingerprint density at radius 1 is 1.20 bits per heavy atom. The Morgan fingerprint density at radius 2 is 1.90 bits per heavy atom. The van der Waals surface area contributed by atoms with Crippen LogP contribution in [0.1, 0.15) is 32.1 Å². The number of nitrogens with zero attached hydrogens (tertiary/aromatic N) is 2. The average molecular weight is 271 g/mol. The predicted octanol–water partition coefficient (Wildman–Crippen LogP) is 1.41. The zero-order valence-electron chi connectivity index (χ0n) is 10.8. The van der Waals surface area contributed by atoms with E-state index in [0.717, 1.165) is 11.3 Å². The number of carbonyl (C=O) groups excluding carboxylic acids is 1. The van der Waals surface area contributed by atoms with Crippen molar-refractivity contribution >= 4 is 11.9 Å². The highest BCUT2D eigenvalue weighted by molar-refractivity contribution is 5.92. The summed E-state index contributed by atoms with van der Waals surface area (Å²) in [5, 5.41) is 11.5. The molecule has 20 heavy (non-hydrogen) atoms. The van der Waals surface area contributed by atoms with Gasteiger partial charge in [-0.2, -0.15) is 0 Å². The lowest BCUT2D eigenvalue weighted by atomic mass is 10.1. The van der Waals surface area contributed by atoms with E-state index in [0.29, 0.717) is 12.2 Å². The van der Waals surface area contributed by atoms with Crippen LogP contribution in [0.3, 0.4) is 0 Å². The second-order valence-corrected chi connectivity index (χ2v) is 4.23. The molecule has 0 saturated carbocycles. The van der Waals surface area contributed by atoms with E-state index in [1.807, 2.05) is 0 Å². The minimum atomic E-state index is -0.975. The summed E-state index contributed by atoms with van der Waals surface area (Å²) in [6.07, 6.45) is 1.34. The topological polar surface area (TPSA) is 92.2 Å². The highest BCUT2D eigenvalue weighted by atomic mass is 16.4. The Kier molecular flexibility index (Phi) is 4.05. The van der Waals surface area contributed by atoms with Crippen LogP contribution in [0.25, 0.3) is 0 Å². The molecule has 2 N–H and O–H groups in total. The standard InChI is InChI=1S/C14H13N3O3/c1-9-6-12(17-8-16-9)13(18)15-7-10-2-4-11(5-3-10)14(19)20/h2-6,8H,7H2,1H3,(H,15,18)(H,19,20). The summed E-state index contributed by atoms with van der Waals surface area (Å²) >= 11 is 0. The molecule has 1 aromatic carbocycles. The van der Waals surface area contributed by atoms with Crippen molar-refractivity contribution in [2.24, 2.45) is 0 Å². The van der Waals surface area contributed by atoms with Crippen molar-refractivity contribution in [3.8, 4) is 0 Å². The maximum atomic E-state index is 11.8. The Morgan fingerprint density at radius 3 is 2.50 bits per heavy atom. The normalized spacial score (nSPS) is 10.1. The summed E-state index contributed by atoms with van der Waals surface area (Å²) in [5.41, 5.74) is 2.05. The van der Waals surface area contributed by atoms with Crippen LogP contribution in [0, 0.1) is 6.92 Å². The number of carboxylic acid groups (broad SMARTS) is 1. The lowest BCUT2D eigenvalue weighted by Crippen LogP contribution is -2.24. The molecule has 1 heterocycles. The van der Waals surface area contributed by atoms with Crippen LogP contribution in [0.4, 0.5) is 0 Å². The van der Waals surface area contributed by atoms with Gasteiger partial charge in [-0.05, 0) is 30.7 Å². The molecule has 2 rings (SSSR count). The molecule has 2 aromatic rings. The number of benzene rings is 1. The summed E-state index contributed by atoms with van der Waals surface area (Å²) in [7, 11) is 0. The van der Waals surface area contributed by atoms with Gasteiger partial charge in [0, 0.05) is 12.2 Å². The first-order valence-electron chi connectivity index (χ1n) is 5.95. The van der Waals surface area contributed by atoms with Crippen molar-refractivity contribution in [2.45, 2.75) is 13.5 Å². The fourth-order valence-corrected chi connectivity index (χ4v) is 1.62. The molecule has 1 aromatic heterocycles. The smallest absolute Gasteiger partial charge is 0.335 e. The van der Waals surface area contributed by atoms with Gasteiger partial charge in [0.2, 0.25) is 0 Å². The first-order valence-corrected chi connectivity index (χ1v) is 5.95. The van der Waals surface area contributed by atoms with Crippen LogP contribution < -0.4 is 5.32 Å². The molecular formula is C14H13N3O3. The van der Waals surface area contributed by atoms with Gasteiger partial charge in [0.05, 0.1) is 5.56 Å². The monoisotopic (exact) mass is 271 g/mol. The summed E-state index contributed by atoms with van der Waals surface area (Å²) in [5.74, 6) is -1.27. The van der Waals surface area contributed by atoms with Crippen LogP contribution in [-0.2, 0) is 6.54 Å². The molecule has 0 unspecified atom stereocenters. The Balaban J connectivity index is 1.98. The van der Waals surface area contributed by atoms with Crippen LogP contribution >= 0.6 is 0 Å². The highest BCUT2D eigenvalue weighted by Gasteiger charge is 2.07. The number of carboxylic acids is 1. The maximum Gasteiger partial charge on any atom is 0.335 e. The van der Waals surface area contributed by atoms with E-state index in [4.69, 9.17) is 5.11 Å². The van der Waals surface area contributed by atoms with Gasteiger partial charge in [-0.3, -0.25) is 4.79 Å². The molecule has 0 bridgehead atoms. The molecule has 0 spiro atoms. The van der Waals surface area contributed by atoms with Gasteiger partial charge >= 0.3 is 5.97 Å². The summed E-state index contributed by atoms with van der Waals surface area (Å²) in [6, 6.07) is 7.92. The summed E-state index contributed by atoms with van der Waals surface area (Å²) < 4.78 is 0. The lowest BCUT2D eigenvalue weighted by Gasteiger charge is -2.05. The third-order valence-corrected chi connectivity index (χ3v) is 2.69. The van der Waals surface area contributed by atoms with Gasteiger partial charge in [0.1, 0.15) is 12.0 Å². The second kappa shape index (κ2) is 5.92. The first kappa shape index (κ1) is 13.7. The van der Waals surface area contributed by atoms with Gasteiger partial charge in [0.15, 0.2) is 0 Å². The van der Waals surface area contributed by atoms with E-state index in [-0.39, 0.29) is 11.5 Å². The maximum absolute atomic E-state index is 11.8. The van der Waals surface area contributed by atoms with Crippen molar-refractivity contribution in [1.29, 1.82) is 0 Å². The van der Waals surface area contributed by atoms with Gasteiger partial charge in [0.25, 0.3) is 5.91 Å². The Labute approximate surface area is 115 Å². The fraction of sp³-hybridized carbons (Fsp3) is 0.143. The van der Waals surface area contributed by atoms with Gasteiger partial charge in [-0.1, -0.05) is 12.1 Å². The average Bonchev–Trinajstić information content (AvgIpc) is 2.45. The minimum Gasteiger partial charge on any atom is -0.478 e. The highest BCUT2D eigenvalue weighted by Crippen LogP contribution is 2.05. The Hall–Kier alpha value is -2.76. The SMILES string of the molecule is Cc1cc(C(=O)NCc2ccc(C(=O)O)cc2)ncn1. The number of aromatic carboxylic acids is 1. The molecular weight excluding hydrogens is 258 g/mol. The second-order valence-electron chi connectivity index (χ2n) is 4.23. The van der Waals surface area contributed by atoms with E-state index in [9.17, 15) is 9.59 Å². The van der Waals surface area contributed by atoms with E-state index >= 15 is 0 Å². The molecule has 0 aliphatic carbocycles. The number of rotatable bonds is 4. The molecule has 102 valence electrons. The molecule has 0 saturated heterocycles. The summed E-state index contributed by atoms with van der Waals surface area (Å²) in [4.78, 5) is 30.4. The van der Waals surface area contributed by atoms with Crippen molar-refractivity contribution in [1.82, 2.24) is 15.3 Å². The number of aromatic nitrogens is 2. The van der Waals surface area contributed by atoms with Crippen LogP contribution in [0.2, 0.25) is 0 Å². The molecule has 0 aliphatic heterocycles. The van der Waals surface area contributed by atoms with Gasteiger partial charge < -0.3 is 10.4 Å². The number of carbonyl (C=O) groups is 2. The molecule has 6 heteroatoms. The van der Waals surface area contributed by atoms with Crippen LogP contribution in [0.5, 0.6) is 0 Å². The number of hydrogen-bond acceptors (Lipinski definition) is 4. The zero-order valence-corrected chi connectivity index (χ0v) is 10.8. The number of amides is 1. The Bertz CT molecular complexity index is 638.